The van der Waals surface area contributed by atoms with E-state index in [1.165, 1.54) is 60.8 Å². The Labute approximate surface area is 326 Å². The van der Waals surface area contributed by atoms with Gasteiger partial charge in [-0.15, -0.1) is 0 Å². The predicted octanol–water partition coefficient (Wildman–Crippen LogP) is 14.9. The zero-order valence-electron chi connectivity index (χ0n) is 31.0. The number of furan rings is 1. The summed E-state index contributed by atoms with van der Waals surface area (Å²) in [5.74, 6) is 0. The minimum atomic E-state index is -0.405. The van der Waals surface area contributed by atoms with Crippen LogP contribution in [-0.2, 0) is 5.41 Å². The third-order valence-electron chi connectivity index (χ3n) is 11.9. The van der Waals surface area contributed by atoms with Gasteiger partial charge in [-0.1, -0.05) is 158 Å². The molecule has 2 heteroatoms. The molecule has 11 rings (SSSR count). The fraction of sp³-hybridized carbons (Fsp3) is 0.0370. The summed E-state index contributed by atoms with van der Waals surface area (Å²) in [5.41, 5.74) is 15.7. The molecule has 1 heterocycles. The van der Waals surface area contributed by atoms with E-state index in [4.69, 9.17) is 4.42 Å². The summed E-state index contributed by atoms with van der Waals surface area (Å²) in [6.45, 7) is 2.38. The van der Waals surface area contributed by atoms with Gasteiger partial charge >= 0.3 is 0 Å². The van der Waals surface area contributed by atoms with Crippen LogP contribution >= 0.6 is 0 Å². The molecule has 0 atom stereocenters. The Balaban J connectivity index is 1.15. The van der Waals surface area contributed by atoms with Gasteiger partial charge in [0.25, 0.3) is 0 Å². The van der Waals surface area contributed by atoms with Crippen LogP contribution in [0.25, 0.3) is 66.1 Å². The van der Waals surface area contributed by atoms with Crippen LogP contribution in [0.2, 0.25) is 0 Å². The molecule has 0 unspecified atom stereocenters. The van der Waals surface area contributed by atoms with Crippen molar-refractivity contribution in [2.45, 2.75) is 12.3 Å². The van der Waals surface area contributed by atoms with Crippen molar-refractivity contribution in [1.82, 2.24) is 0 Å². The fourth-order valence-corrected chi connectivity index (χ4v) is 9.09. The zero-order chi connectivity index (χ0) is 37.2. The zero-order valence-corrected chi connectivity index (χ0v) is 31.0. The first-order valence-electron chi connectivity index (χ1n) is 19.3. The molecule has 0 fully saturated rings. The standard InChI is InChI=1S/C54H37NO/c1-54(48-20-10-7-17-45(48)46-18-8-11-21-49(46)54)42-34-50(53-47-19-9-12-22-51(47)56-52(53)35-42)55(43-29-25-38(26-30-43)36-13-3-2-4-14-36)44-31-27-39(28-32-44)41-24-23-37-15-5-6-16-40(37)33-41/h2-35H,1H3. The summed E-state index contributed by atoms with van der Waals surface area (Å²) >= 11 is 0. The SMILES string of the molecule is CC1(c2cc(N(c3ccc(-c4ccccc4)cc3)c3ccc(-c4ccc5ccccc5c4)cc3)c3c(c2)oc2ccccc23)c2ccccc2-c2ccccc21. The second-order valence-corrected chi connectivity index (χ2v) is 15.0. The summed E-state index contributed by atoms with van der Waals surface area (Å²) in [4.78, 5) is 2.42. The number of hydrogen-bond donors (Lipinski definition) is 0. The predicted molar refractivity (Wildman–Crippen MR) is 234 cm³/mol. The van der Waals surface area contributed by atoms with E-state index in [-0.39, 0.29) is 0 Å². The summed E-state index contributed by atoms with van der Waals surface area (Å²) in [6.07, 6.45) is 0. The van der Waals surface area contributed by atoms with Crippen LogP contribution < -0.4 is 4.90 Å². The minimum Gasteiger partial charge on any atom is -0.456 e. The molecule has 0 aliphatic heterocycles. The first kappa shape index (κ1) is 32.3. The lowest BCUT2D eigenvalue weighted by Gasteiger charge is -2.32. The van der Waals surface area contributed by atoms with E-state index < -0.39 is 5.41 Å². The van der Waals surface area contributed by atoms with Gasteiger partial charge in [-0.2, -0.15) is 0 Å². The molecule has 0 saturated carbocycles. The van der Waals surface area contributed by atoms with Crippen molar-refractivity contribution in [1.29, 1.82) is 0 Å². The molecule has 0 saturated heterocycles. The van der Waals surface area contributed by atoms with Gasteiger partial charge in [-0.3, -0.25) is 0 Å². The highest BCUT2D eigenvalue weighted by molar-refractivity contribution is 6.14. The first-order chi connectivity index (χ1) is 27.6. The summed E-state index contributed by atoms with van der Waals surface area (Å²) in [7, 11) is 0. The van der Waals surface area contributed by atoms with Crippen LogP contribution in [0.5, 0.6) is 0 Å². The first-order valence-corrected chi connectivity index (χ1v) is 19.3. The van der Waals surface area contributed by atoms with Crippen molar-refractivity contribution in [3.05, 3.63) is 223 Å². The highest BCUT2D eigenvalue weighted by Gasteiger charge is 2.41. The average Bonchev–Trinajstić information content (AvgIpc) is 3.78. The molecule has 0 bridgehead atoms. The highest BCUT2D eigenvalue weighted by atomic mass is 16.3. The molecule has 1 aliphatic carbocycles. The van der Waals surface area contributed by atoms with E-state index in [2.05, 4.69) is 218 Å². The van der Waals surface area contributed by atoms with Crippen molar-refractivity contribution in [2.75, 3.05) is 4.90 Å². The normalized spacial score (nSPS) is 12.9. The Kier molecular flexibility index (Phi) is 7.33. The number of para-hydroxylation sites is 1. The van der Waals surface area contributed by atoms with E-state index in [1.807, 2.05) is 0 Å². The topological polar surface area (TPSA) is 16.4 Å². The molecule has 0 radical (unpaired) electrons. The maximum Gasteiger partial charge on any atom is 0.137 e. The Hall–Kier alpha value is -7.16. The maximum absolute atomic E-state index is 6.80. The van der Waals surface area contributed by atoms with Gasteiger partial charge in [-0.05, 0) is 116 Å². The third-order valence-corrected chi connectivity index (χ3v) is 11.9. The summed E-state index contributed by atoms with van der Waals surface area (Å²) in [6, 6.07) is 74.8. The molecule has 2 nitrogen and oxygen atoms in total. The van der Waals surface area contributed by atoms with E-state index in [9.17, 15) is 0 Å². The van der Waals surface area contributed by atoms with Gasteiger partial charge in [0.05, 0.1) is 11.1 Å². The molecule has 1 aliphatic rings. The molecule has 56 heavy (non-hydrogen) atoms. The average molecular weight is 716 g/mol. The van der Waals surface area contributed by atoms with Crippen molar-refractivity contribution in [3.63, 3.8) is 0 Å². The Bertz CT molecular complexity index is 3040. The second-order valence-electron chi connectivity index (χ2n) is 15.0. The van der Waals surface area contributed by atoms with Crippen LogP contribution in [0.4, 0.5) is 17.1 Å². The Morgan fingerprint density at radius 1 is 0.411 bits per heavy atom. The lowest BCUT2D eigenvalue weighted by atomic mass is 9.74. The number of fused-ring (bicyclic) bond motifs is 7. The minimum absolute atomic E-state index is 0.405. The second kappa shape index (κ2) is 12.7. The van der Waals surface area contributed by atoms with Gasteiger partial charge < -0.3 is 9.32 Å². The largest absolute Gasteiger partial charge is 0.456 e. The lowest BCUT2D eigenvalue weighted by molar-refractivity contribution is 0.662. The number of benzene rings is 9. The third kappa shape index (κ3) is 5.03. The highest BCUT2D eigenvalue weighted by Crippen LogP contribution is 2.54. The fourth-order valence-electron chi connectivity index (χ4n) is 9.09. The van der Waals surface area contributed by atoms with E-state index in [1.54, 1.807) is 0 Å². The molecule has 0 N–H and O–H groups in total. The van der Waals surface area contributed by atoms with Crippen molar-refractivity contribution < 1.29 is 4.42 Å². The molecule has 9 aromatic carbocycles. The Morgan fingerprint density at radius 2 is 0.946 bits per heavy atom. The number of nitrogens with zero attached hydrogens (tertiary/aromatic N) is 1. The summed E-state index contributed by atoms with van der Waals surface area (Å²) in [5, 5.41) is 4.68. The maximum atomic E-state index is 6.80. The quantitative estimate of drug-likeness (QED) is 0.170. The summed E-state index contributed by atoms with van der Waals surface area (Å²) < 4.78 is 6.80. The molecular weight excluding hydrogens is 679 g/mol. The van der Waals surface area contributed by atoms with Gasteiger partial charge in [-0.25, -0.2) is 0 Å². The van der Waals surface area contributed by atoms with Crippen LogP contribution in [0.15, 0.2) is 211 Å². The number of anilines is 3. The number of rotatable bonds is 6. The lowest BCUT2D eigenvalue weighted by Crippen LogP contribution is -2.23. The van der Waals surface area contributed by atoms with Crippen molar-refractivity contribution >= 4 is 49.8 Å². The smallest absolute Gasteiger partial charge is 0.137 e. The Morgan fingerprint density at radius 3 is 1.64 bits per heavy atom. The molecule has 1 aromatic heterocycles. The molecule has 264 valence electrons. The van der Waals surface area contributed by atoms with E-state index >= 15 is 0 Å². The molecule has 0 spiro atoms. The monoisotopic (exact) mass is 715 g/mol. The van der Waals surface area contributed by atoms with Gasteiger partial charge in [0.1, 0.15) is 11.2 Å². The number of hydrogen-bond acceptors (Lipinski definition) is 2. The van der Waals surface area contributed by atoms with Gasteiger partial charge in [0, 0.05) is 22.2 Å². The van der Waals surface area contributed by atoms with Gasteiger partial charge in [0.15, 0.2) is 0 Å². The van der Waals surface area contributed by atoms with Crippen LogP contribution in [0.1, 0.15) is 23.6 Å². The molecule has 10 aromatic rings. The van der Waals surface area contributed by atoms with Crippen molar-refractivity contribution in [3.8, 4) is 33.4 Å². The molecule has 0 amide bonds. The van der Waals surface area contributed by atoms with Crippen LogP contribution in [0, 0.1) is 0 Å². The molecular formula is C54H37NO. The van der Waals surface area contributed by atoms with Crippen molar-refractivity contribution in [2.24, 2.45) is 0 Å². The van der Waals surface area contributed by atoms with Crippen LogP contribution in [0.3, 0.4) is 0 Å². The van der Waals surface area contributed by atoms with Gasteiger partial charge in [0.2, 0.25) is 0 Å². The van der Waals surface area contributed by atoms with E-state index in [0.29, 0.717) is 0 Å². The van der Waals surface area contributed by atoms with Crippen LogP contribution in [-0.4, -0.2) is 0 Å². The van der Waals surface area contributed by atoms with E-state index in [0.717, 1.165) is 39.0 Å².